The molecule has 0 atom stereocenters. The van der Waals surface area contributed by atoms with Crippen LogP contribution in [0.15, 0.2) is 42.7 Å². The van der Waals surface area contributed by atoms with E-state index in [9.17, 15) is 30.3 Å². The molecule has 1 heterocycles. The van der Waals surface area contributed by atoms with Crippen LogP contribution >= 0.6 is 0 Å². The van der Waals surface area contributed by atoms with E-state index < -0.39 is 37.6 Å². The molecule has 3 aromatic rings. The molecule has 12 heteroatoms. The first-order valence-electron chi connectivity index (χ1n) is 6.49. The molecule has 0 aliphatic heterocycles. The molecular weight excluding hydrogens is 338 g/mol. The molecule has 0 aliphatic carbocycles. The Balaban J connectivity index is 0.000000208. The number of non-ortho nitro benzene ring substituents is 1. The van der Waals surface area contributed by atoms with Crippen LogP contribution in [0, 0.1) is 30.3 Å². The lowest BCUT2D eigenvalue weighted by molar-refractivity contribution is -0.404. The fraction of sp³-hybridized carbons (Fsp3) is 0. The molecule has 0 bridgehead atoms. The summed E-state index contributed by atoms with van der Waals surface area (Å²) in [5, 5.41) is 40.2. The van der Waals surface area contributed by atoms with Gasteiger partial charge in [-0.05, 0) is 12.1 Å². The van der Waals surface area contributed by atoms with Gasteiger partial charge in [-0.3, -0.25) is 30.3 Å². The number of H-pyrrole nitrogens is 1. The Bertz CT molecular complexity index is 903. The van der Waals surface area contributed by atoms with E-state index >= 15 is 0 Å². The van der Waals surface area contributed by atoms with E-state index in [1.54, 1.807) is 6.33 Å². The van der Waals surface area contributed by atoms with Gasteiger partial charge in [0.05, 0.1) is 44.3 Å². The van der Waals surface area contributed by atoms with Gasteiger partial charge in [0.25, 0.3) is 11.4 Å². The zero-order valence-electron chi connectivity index (χ0n) is 12.2. The number of nitro benzene ring substituents is 3. The van der Waals surface area contributed by atoms with Crippen LogP contribution in [0.4, 0.5) is 17.1 Å². The average molecular weight is 347 g/mol. The lowest BCUT2D eigenvalue weighted by atomic mass is 10.2. The Kier molecular flexibility index (Phi) is 4.83. The van der Waals surface area contributed by atoms with Gasteiger partial charge in [0, 0.05) is 0 Å². The number of fused-ring (bicyclic) bond motifs is 1. The van der Waals surface area contributed by atoms with Crippen molar-refractivity contribution < 1.29 is 19.9 Å². The number of rotatable bonds is 3. The van der Waals surface area contributed by atoms with Crippen LogP contribution in [0.3, 0.4) is 0 Å². The summed E-state index contributed by atoms with van der Waals surface area (Å²) in [6.45, 7) is 0. The van der Waals surface area contributed by atoms with Gasteiger partial charge in [-0.1, -0.05) is 12.1 Å². The monoisotopic (exact) mass is 347 g/mol. The van der Waals surface area contributed by atoms with Crippen LogP contribution in [0.5, 0.6) is 5.75 Å². The maximum atomic E-state index is 10.4. The molecule has 3 rings (SSSR count). The van der Waals surface area contributed by atoms with Crippen molar-refractivity contribution in [3.63, 3.8) is 0 Å². The number of nitrogens with zero attached hydrogens (tertiary/aromatic N) is 4. The number of phenolic OH excluding ortho intramolecular Hbond substituents is 1. The summed E-state index contributed by atoms with van der Waals surface area (Å²) in [6.07, 6.45) is 1.70. The molecule has 0 unspecified atom stereocenters. The summed E-state index contributed by atoms with van der Waals surface area (Å²) in [7, 11) is 0. The first-order chi connectivity index (χ1) is 11.8. The molecule has 12 nitrogen and oxygen atoms in total. The van der Waals surface area contributed by atoms with Crippen molar-refractivity contribution in [1.82, 2.24) is 9.97 Å². The van der Waals surface area contributed by atoms with E-state index in [1.165, 1.54) is 0 Å². The molecule has 2 aromatic carbocycles. The van der Waals surface area contributed by atoms with Crippen molar-refractivity contribution in [2.45, 2.75) is 0 Å². The summed E-state index contributed by atoms with van der Waals surface area (Å²) < 4.78 is 0. The minimum Gasteiger partial charge on any atom is -0.497 e. The number of phenols is 1. The van der Waals surface area contributed by atoms with E-state index in [2.05, 4.69) is 9.97 Å². The smallest absolute Gasteiger partial charge is 0.324 e. The van der Waals surface area contributed by atoms with Crippen LogP contribution in [0.2, 0.25) is 0 Å². The summed E-state index contributed by atoms with van der Waals surface area (Å²) >= 11 is 0. The molecule has 1 aromatic heterocycles. The van der Waals surface area contributed by atoms with E-state index in [4.69, 9.17) is 5.11 Å². The number of aromatic hydroxyl groups is 1. The molecule has 0 aliphatic rings. The number of hydrogen-bond donors (Lipinski definition) is 2. The Morgan fingerprint density at radius 3 is 1.96 bits per heavy atom. The van der Waals surface area contributed by atoms with E-state index in [0.29, 0.717) is 12.1 Å². The quantitative estimate of drug-likeness (QED) is 0.536. The van der Waals surface area contributed by atoms with Crippen LogP contribution < -0.4 is 0 Å². The number of nitro groups is 3. The van der Waals surface area contributed by atoms with Crippen molar-refractivity contribution >= 4 is 28.1 Å². The third-order valence-corrected chi connectivity index (χ3v) is 2.99. The predicted molar refractivity (Wildman–Crippen MR) is 84.2 cm³/mol. The molecule has 128 valence electrons. The van der Waals surface area contributed by atoms with E-state index in [0.717, 1.165) is 11.0 Å². The van der Waals surface area contributed by atoms with Crippen molar-refractivity contribution in [2.24, 2.45) is 0 Å². The minimum absolute atomic E-state index is 0.447. The molecule has 2 N–H and O–H groups in total. The standard InChI is InChI=1S/C7H6N2.C6H3N3O7/c1-2-4-7-6(3-1)8-5-9-7;10-6-4(8(13)14)1-3(7(11)12)2-5(6)9(15)16/h1-5H,(H,8,9);1-2,10H. The molecule has 0 radical (unpaired) electrons. The van der Waals surface area contributed by atoms with Crippen LogP contribution in [0.1, 0.15) is 0 Å². The highest BCUT2D eigenvalue weighted by Crippen LogP contribution is 2.38. The molecule has 0 fully saturated rings. The van der Waals surface area contributed by atoms with Gasteiger partial charge in [-0.15, -0.1) is 0 Å². The first-order valence-corrected chi connectivity index (χ1v) is 6.49. The zero-order valence-corrected chi connectivity index (χ0v) is 12.2. The number of hydrogen-bond acceptors (Lipinski definition) is 8. The Morgan fingerprint density at radius 1 is 0.920 bits per heavy atom. The lowest BCUT2D eigenvalue weighted by Gasteiger charge is -1.97. The molecule has 0 saturated heterocycles. The number of imidazole rings is 1. The minimum atomic E-state index is -1.21. The van der Waals surface area contributed by atoms with Crippen molar-refractivity contribution in [3.05, 3.63) is 73.1 Å². The second kappa shape index (κ2) is 6.99. The third-order valence-electron chi connectivity index (χ3n) is 2.99. The first kappa shape index (κ1) is 17.3. The summed E-state index contributed by atoms with van der Waals surface area (Å²) in [4.78, 5) is 34.8. The highest BCUT2D eigenvalue weighted by Gasteiger charge is 2.30. The number of aromatic amines is 1. The predicted octanol–water partition coefficient (Wildman–Crippen LogP) is 2.68. The third kappa shape index (κ3) is 3.82. The van der Waals surface area contributed by atoms with Gasteiger partial charge < -0.3 is 10.1 Å². The molecule has 25 heavy (non-hydrogen) atoms. The van der Waals surface area contributed by atoms with Gasteiger partial charge in [0.1, 0.15) is 0 Å². The van der Waals surface area contributed by atoms with Crippen molar-refractivity contribution in [2.75, 3.05) is 0 Å². The summed E-state index contributed by atoms with van der Waals surface area (Å²) in [5.41, 5.74) is -0.881. The highest BCUT2D eigenvalue weighted by molar-refractivity contribution is 5.73. The fourth-order valence-electron chi connectivity index (χ4n) is 1.85. The summed E-state index contributed by atoms with van der Waals surface area (Å²) in [6, 6.07) is 8.84. The Morgan fingerprint density at radius 2 is 1.48 bits per heavy atom. The van der Waals surface area contributed by atoms with Gasteiger partial charge in [0.2, 0.25) is 0 Å². The van der Waals surface area contributed by atoms with Crippen molar-refractivity contribution in [3.8, 4) is 5.75 Å². The maximum absolute atomic E-state index is 10.4. The van der Waals surface area contributed by atoms with Crippen LogP contribution in [-0.4, -0.2) is 29.8 Å². The Hall–Kier alpha value is -4.09. The highest BCUT2D eigenvalue weighted by atomic mass is 16.6. The topological polar surface area (TPSA) is 178 Å². The van der Waals surface area contributed by atoms with E-state index in [1.807, 2.05) is 24.3 Å². The van der Waals surface area contributed by atoms with Crippen LogP contribution in [0.25, 0.3) is 11.0 Å². The maximum Gasteiger partial charge on any atom is 0.324 e. The second-order valence-electron chi connectivity index (χ2n) is 4.52. The molecule has 0 amide bonds. The van der Waals surface area contributed by atoms with Gasteiger partial charge in [-0.25, -0.2) is 4.98 Å². The fourth-order valence-corrected chi connectivity index (χ4v) is 1.85. The van der Waals surface area contributed by atoms with Crippen molar-refractivity contribution in [1.29, 1.82) is 0 Å². The number of benzene rings is 2. The second-order valence-corrected chi connectivity index (χ2v) is 4.52. The van der Waals surface area contributed by atoms with Gasteiger partial charge in [-0.2, -0.15) is 0 Å². The molecular formula is C13H9N5O7. The van der Waals surface area contributed by atoms with Gasteiger partial charge >= 0.3 is 11.4 Å². The lowest BCUT2D eigenvalue weighted by Crippen LogP contribution is -1.97. The number of nitrogens with one attached hydrogen (secondary N) is 1. The largest absolute Gasteiger partial charge is 0.497 e. The molecule has 0 spiro atoms. The number of para-hydroxylation sites is 2. The molecule has 0 saturated carbocycles. The SMILES string of the molecule is O=[N+]([O-])c1cc([N+](=O)[O-])c(O)c([N+](=O)[O-])c1.c1ccc2[nH]cnc2c1. The average Bonchev–Trinajstić information content (AvgIpc) is 3.03. The zero-order chi connectivity index (χ0) is 18.6. The van der Waals surface area contributed by atoms with Crippen LogP contribution in [-0.2, 0) is 0 Å². The number of aromatic nitrogens is 2. The van der Waals surface area contributed by atoms with Gasteiger partial charge in [0.15, 0.2) is 0 Å². The normalized spacial score (nSPS) is 9.92. The summed E-state index contributed by atoms with van der Waals surface area (Å²) in [5.74, 6) is -1.21. The van der Waals surface area contributed by atoms with E-state index in [-0.39, 0.29) is 0 Å². The Labute approximate surface area is 137 Å².